The Kier molecular flexibility index (Phi) is 6.40. The average Bonchev–Trinajstić information content (AvgIpc) is 3.26. The molecule has 33 heavy (non-hydrogen) atoms. The van der Waals surface area contributed by atoms with Crippen molar-refractivity contribution in [1.29, 1.82) is 0 Å². The van der Waals surface area contributed by atoms with Crippen molar-refractivity contribution in [3.8, 4) is 5.75 Å². The van der Waals surface area contributed by atoms with Crippen molar-refractivity contribution >= 4 is 21.9 Å². The van der Waals surface area contributed by atoms with Crippen LogP contribution in [0.1, 0.15) is 40.1 Å². The number of esters is 1. The Bertz CT molecular complexity index is 1140. The number of piperidine rings is 1. The minimum atomic E-state index is -3.60. The van der Waals surface area contributed by atoms with Crippen LogP contribution >= 0.6 is 0 Å². The van der Waals surface area contributed by atoms with Crippen LogP contribution in [0.2, 0.25) is 0 Å². The van der Waals surface area contributed by atoms with E-state index in [-0.39, 0.29) is 27.5 Å². The first-order chi connectivity index (χ1) is 15.8. The van der Waals surface area contributed by atoms with Gasteiger partial charge in [-0.1, -0.05) is 6.07 Å². The fourth-order valence-corrected chi connectivity index (χ4v) is 6.03. The summed E-state index contributed by atoms with van der Waals surface area (Å²) in [6.45, 7) is 1.99. The maximum atomic E-state index is 13.1. The van der Waals surface area contributed by atoms with Crippen LogP contribution in [-0.2, 0) is 14.8 Å². The molecule has 0 saturated carbocycles. The van der Waals surface area contributed by atoms with Crippen LogP contribution in [0.15, 0.2) is 47.5 Å². The minimum absolute atomic E-state index is 0.0952. The first-order valence-electron chi connectivity index (χ1n) is 10.8. The summed E-state index contributed by atoms with van der Waals surface area (Å²) in [5, 5.41) is 0. The predicted octanol–water partition coefficient (Wildman–Crippen LogP) is 2.19. The first-order valence-corrected chi connectivity index (χ1v) is 12.2. The lowest BCUT2D eigenvalue weighted by Crippen LogP contribution is -2.44. The van der Waals surface area contributed by atoms with E-state index in [1.807, 2.05) is 0 Å². The van der Waals surface area contributed by atoms with Gasteiger partial charge in [0.1, 0.15) is 11.4 Å². The topological polar surface area (TPSA) is 106 Å². The molecule has 0 unspecified atom stereocenters. The van der Waals surface area contributed by atoms with Crippen LogP contribution in [0.4, 0.5) is 0 Å². The molecule has 0 aliphatic carbocycles. The van der Waals surface area contributed by atoms with Gasteiger partial charge < -0.3 is 14.4 Å². The standard InChI is InChI=1S/C23H27N3O6S/c1-31-18-4-3-5-19(14-18)33(29,30)26-12-9-23(10-13-26)8-11-25(16-23)21(27)20-7-6-17(15-24-20)22(28)32-2/h3-7,14-15H,8-13,16H2,1-2H3. The number of methoxy groups -OCH3 is 2. The second kappa shape index (κ2) is 9.11. The summed E-state index contributed by atoms with van der Waals surface area (Å²) in [5.74, 6) is -0.185. The van der Waals surface area contributed by atoms with Gasteiger partial charge in [0.15, 0.2) is 0 Å². The van der Waals surface area contributed by atoms with Gasteiger partial charge in [-0.05, 0) is 48.9 Å². The van der Waals surface area contributed by atoms with Crippen molar-refractivity contribution in [3.63, 3.8) is 0 Å². The van der Waals surface area contributed by atoms with Crippen molar-refractivity contribution in [2.24, 2.45) is 5.41 Å². The molecule has 1 amide bonds. The van der Waals surface area contributed by atoms with Crippen molar-refractivity contribution in [1.82, 2.24) is 14.2 Å². The molecule has 176 valence electrons. The number of rotatable bonds is 5. The van der Waals surface area contributed by atoms with Crippen LogP contribution in [0.3, 0.4) is 0 Å². The quantitative estimate of drug-likeness (QED) is 0.613. The molecule has 0 N–H and O–H groups in total. The number of pyridine rings is 1. The van der Waals surface area contributed by atoms with Gasteiger partial charge in [-0.2, -0.15) is 4.31 Å². The molecular formula is C23H27N3O6S. The Labute approximate surface area is 193 Å². The highest BCUT2D eigenvalue weighted by molar-refractivity contribution is 7.89. The highest BCUT2D eigenvalue weighted by Crippen LogP contribution is 2.42. The summed E-state index contributed by atoms with van der Waals surface area (Å²) in [4.78, 5) is 30.6. The lowest BCUT2D eigenvalue weighted by atomic mass is 9.78. The van der Waals surface area contributed by atoms with Crippen LogP contribution in [0, 0.1) is 5.41 Å². The van der Waals surface area contributed by atoms with E-state index in [1.165, 1.54) is 42.9 Å². The molecule has 4 rings (SSSR count). The largest absolute Gasteiger partial charge is 0.497 e. The van der Waals surface area contributed by atoms with Crippen LogP contribution < -0.4 is 4.74 Å². The number of sulfonamides is 1. The molecule has 0 atom stereocenters. The second-order valence-corrected chi connectivity index (χ2v) is 10.4. The molecular weight excluding hydrogens is 446 g/mol. The number of hydrogen-bond donors (Lipinski definition) is 0. The van der Waals surface area contributed by atoms with E-state index < -0.39 is 16.0 Å². The van der Waals surface area contributed by atoms with Crippen molar-refractivity contribution < 1.29 is 27.5 Å². The highest BCUT2D eigenvalue weighted by atomic mass is 32.2. The first kappa shape index (κ1) is 23.2. The summed E-state index contributed by atoms with van der Waals surface area (Å²) < 4.78 is 37.5. The van der Waals surface area contributed by atoms with Gasteiger partial charge in [-0.25, -0.2) is 13.2 Å². The Hall–Kier alpha value is -2.98. The van der Waals surface area contributed by atoms with Gasteiger partial charge in [0.05, 0.1) is 24.7 Å². The summed E-state index contributed by atoms with van der Waals surface area (Å²) in [5.41, 5.74) is 0.469. The van der Waals surface area contributed by atoms with E-state index in [9.17, 15) is 18.0 Å². The average molecular weight is 474 g/mol. The lowest BCUT2D eigenvalue weighted by Gasteiger charge is -2.38. The van der Waals surface area contributed by atoms with E-state index in [2.05, 4.69) is 9.72 Å². The Morgan fingerprint density at radius 1 is 1.03 bits per heavy atom. The van der Waals surface area contributed by atoms with Gasteiger partial charge in [0.25, 0.3) is 5.91 Å². The fourth-order valence-electron chi connectivity index (χ4n) is 4.55. The smallest absolute Gasteiger partial charge is 0.339 e. The monoisotopic (exact) mass is 473 g/mol. The number of carbonyl (C=O) groups is 2. The zero-order valence-electron chi connectivity index (χ0n) is 18.7. The number of nitrogens with zero attached hydrogens (tertiary/aromatic N) is 3. The van der Waals surface area contributed by atoms with E-state index in [0.717, 1.165) is 6.42 Å². The normalized spacial score (nSPS) is 18.3. The van der Waals surface area contributed by atoms with Crippen LogP contribution in [0.5, 0.6) is 5.75 Å². The molecule has 1 aromatic heterocycles. The fraction of sp³-hybridized carbons (Fsp3) is 0.435. The maximum absolute atomic E-state index is 13.1. The van der Waals surface area contributed by atoms with Gasteiger partial charge in [-0.15, -0.1) is 0 Å². The third-order valence-electron chi connectivity index (χ3n) is 6.59. The van der Waals surface area contributed by atoms with Crippen molar-refractivity contribution in [2.45, 2.75) is 24.2 Å². The highest BCUT2D eigenvalue weighted by Gasteiger charge is 2.44. The van der Waals surface area contributed by atoms with Gasteiger partial charge in [-0.3, -0.25) is 9.78 Å². The third-order valence-corrected chi connectivity index (χ3v) is 8.49. The maximum Gasteiger partial charge on any atom is 0.339 e. The van der Waals surface area contributed by atoms with Gasteiger partial charge in [0.2, 0.25) is 10.0 Å². The molecule has 1 aromatic carbocycles. The van der Waals surface area contributed by atoms with Crippen LogP contribution in [-0.4, -0.2) is 74.9 Å². The summed E-state index contributed by atoms with van der Waals surface area (Å²) in [7, 11) is -0.806. The van der Waals surface area contributed by atoms with Gasteiger partial charge >= 0.3 is 5.97 Å². The number of benzene rings is 1. The minimum Gasteiger partial charge on any atom is -0.497 e. The Morgan fingerprint density at radius 2 is 1.76 bits per heavy atom. The molecule has 2 aliphatic heterocycles. The molecule has 2 saturated heterocycles. The molecule has 2 fully saturated rings. The van der Waals surface area contributed by atoms with E-state index in [0.29, 0.717) is 44.8 Å². The van der Waals surface area contributed by atoms with E-state index >= 15 is 0 Å². The number of hydrogen-bond acceptors (Lipinski definition) is 7. The Morgan fingerprint density at radius 3 is 2.39 bits per heavy atom. The molecule has 10 heteroatoms. The molecule has 3 heterocycles. The predicted molar refractivity (Wildman–Crippen MR) is 120 cm³/mol. The molecule has 0 bridgehead atoms. The molecule has 2 aromatic rings. The van der Waals surface area contributed by atoms with Crippen LogP contribution in [0.25, 0.3) is 0 Å². The molecule has 9 nitrogen and oxygen atoms in total. The molecule has 1 spiro atoms. The second-order valence-electron chi connectivity index (χ2n) is 8.48. The van der Waals surface area contributed by atoms with E-state index in [1.54, 1.807) is 23.1 Å². The zero-order valence-corrected chi connectivity index (χ0v) is 19.5. The summed E-state index contributed by atoms with van der Waals surface area (Å²) in [6.07, 6.45) is 3.54. The van der Waals surface area contributed by atoms with Gasteiger partial charge in [0, 0.05) is 38.4 Å². The molecule has 2 aliphatic rings. The number of aromatic nitrogens is 1. The lowest BCUT2D eigenvalue weighted by molar-refractivity contribution is 0.0599. The molecule has 0 radical (unpaired) electrons. The van der Waals surface area contributed by atoms with E-state index in [4.69, 9.17) is 4.74 Å². The van der Waals surface area contributed by atoms with Crippen molar-refractivity contribution in [2.75, 3.05) is 40.4 Å². The van der Waals surface area contributed by atoms with Crippen molar-refractivity contribution in [3.05, 3.63) is 53.9 Å². The number of carbonyl (C=O) groups excluding carboxylic acids is 2. The zero-order chi connectivity index (χ0) is 23.6. The summed E-state index contributed by atoms with van der Waals surface area (Å²) in [6, 6.07) is 9.56. The number of likely N-dealkylation sites (tertiary alicyclic amines) is 1. The third kappa shape index (κ3) is 4.58. The SMILES string of the molecule is COC(=O)c1ccc(C(=O)N2CCC3(CCN(S(=O)(=O)c4cccc(OC)c4)CC3)C2)nc1. The summed E-state index contributed by atoms with van der Waals surface area (Å²) >= 11 is 0. The number of ether oxygens (including phenoxy) is 2. The Balaban J connectivity index is 1.39. The number of amides is 1.